The van der Waals surface area contributed by atoms with Gasteiger partial charge in [-0.05, 0) is 45.4 Å². The molecule has 128 valence electrons. The molecule has 0 saturated heterocycles. The van der Waals surface area contributed by atoms with Crippen LogP contribution in [-0.2, 0) is 0 Å². The quantitative estimate of drug-likeness (QED) is 0.803. The number of urea groups is 1. The second-order valence-corrected chi connectivity index (χ2v) is 5.62. The summed E-state index contributed by atoms with van der Waals surface area (Å²) in [7, 11) is 1.57. The molecule has 0 saturated carbocycles. The van der Waals surface area contributed by atoms with Gasteiger partial charge in [0.05, 0.1) is 11.7 Å². The van der Waals surface area contributed by atoms with Gasteiger partial charge in [-0.25, -0.2) is 4.79 Å². The van der Waals surface area contributed by atoms with Gasteiger partial charge < -0.3 is 20.5 Å². The predicted octanol–water partition coefficient (Wildman–Crippen LogP) is 2.84. The number of anilines is 1. The van der Waals surface area contributed by atoms with Gasteiger partial charge in [-0.2, -0.15) is 0 Å². The molecule has 1 aromatic heterocycles. The first-order chi connectivity index (χ1) is 11.3. The molecule has 1 aromatic carbocycles. The van der Waals surface area contributed by atoms with Crippen molar-refractivity contribution in [2.24, 2.45) is 0 Å². The summed E-state index contributed by atoms with van der Waals surface area (Å²) < 4.78 is 5.12. The molecule has 3 N–H and O–H groups in total. The fraction of sp³-hybridized carbons (Fsp3) is 0.353. The van der Waals surface area contributed by atoms with Crippen LogP contribution >= 0.6 is 0 Å². The summed E-state index contributed by atoms with van der Waals surface area (Å²) in [6.07, 6.45) is 0. The smallest absolute Gasteiger partial charge is 0.319 e. The molecule has 0 fully saturated rings. The number of nitrogens with zero attached hydrogens (tertiary/aromatic N) is 1. The number of hydrogen-bond acceptors (Lipinski definition) is 4. The van der Waals surface area contributed by atoms with Crippen LogP contribution in [0.25, 0.3) is 0 Å². The average Bonchev–Trinajstić information content (AvgIpc) is 2.87. The molecule has 0 bridgehead atoms. The van der Waals surface area contributed by atoms with Crippen LogP contribution in [0, 0.1) is 20.8 Å². The van der Waals surface area contributed by atoms with E-state index in [9.17, 15) is 9.59 Å². The number of hydrogen-bond donors (Lipinski definition) is 3. The van der Waals surface area contributed by atoms with E-state index in [4.69, 9.17) is 4.52 Å². The second kappa shape index (κ2) is 7.16. The van der Waals surface area contributed by atoms with Gasteiger partial charge in [-0.3, -0.25) is 4.79 Å². The lowest BCUT2D eigenvalue weighted by Gasteiger charge is -2.16. The van der Waals surface area contributed by atoms with E-state index in [1.807, 2.05) is 20.8 Å². The van der Waals surface area contributed by atoms with Crippen LogP contribution < -0.4 is 16.0 Å². The topological polar surface area (TPSA) is 96.3 Å². The van der Waals surface area contributed by atoms with Gasteiger partial charge in [0.25, 0.3) is 5.91 Å². The molecule has 7 nitrogen and oxygen atoms in total. The SMILES string of the molecule is CNC(=O)c1cccc(NC(=O)N[C@H](C)c2c(C)noc2C)c1C. The van der Waals surface area contributed by atoms with E-state index in [2.05, 4.69) is 21.1 Å². The molecule has 0 unspecified atom stereocenters. The summed E-state index contributed by atoms with van der Waals surface area (Å²) in [5, 5.41) is 12.1. The van der Waals surface area contributed by atoms with E-state index in [-0.39, 0.29) is 18.0 Å². The van der Waals surface area contributed by atoms with Crippen molar-refractivity contribution in [2.45, 2.75) is 33.7 Å². The molecule has 7 heteroatoms. The minimum atomic E-state index is -0.361. The lowest BCUT2D eigenvalue weighted by Crippen LogP contribution is -2.32. The Hall–Kier alpha value is -2.83. The third-order valence-corrected chi connectivity index (χ3v) is 3.92. The Morgan fingerprint density at radius 2 is 1.92 bits per heavy atom. The van der Waals surface area contributed by atoms with Crippen molar-refractivity contribution >= 4 is 17.6 Å². The van der Waals surface area contributed by atoms with Gasteiger partial charge in [0.1, 0.15) is 5.76 Å². The fourth-order valence-corrected chi connectivity index (χ4v) is 2.69. The molecule has 0 aliphatic carbocycles. The first-order valence-corrected chi connectivity index (χ1v) is 7.67. The highest BCUT2D eigenvalue weighted by molar-refractivity contribution is 5.98. The zero-order valence-corrected chi connectivity index (χ0v) is 14.5. The number of amides is 3. The highest BCUT2D eigenvalue weighted by Crippen LogP contribution is 2.22. The van der Waals surface area contributed by atoms with Gasteiger partial charge >= 0.3 is 6.03 Å². The van der Waals surface area contributed by atoms with Gasteiger partial charge in [0.15, 0.2) is 0 Å². The highest BCUT2D eigenvalue weighted by Gasteiger charge is 2.19. The first kappa shape index (κ1) is 17.5. The molecule has 1 heterocycles. The Balaban J connectivity index is 2.12. The third-order valence-electron chi connectivity index (χ3n) is 3.92. The maximum Gasteiger partial charge on any atom is 0.319 e. The van der Waals surface area contributed by atoms with Crippen molar-refractivity contribution in [2.75, 3.05) is 12.4 Å². The normalized spacial score (nSPS) is 11.7. The van der Waals surface area contributed by atoms with Crippen molar-refractivity contribution in [3.05, 3.63) is 46.3 Å². The Bertz CT molecular complexity index is 748. The number of aromatic nitrogens is 1. The van der Waals surface area contributed by atoms with E-state index < -0.39 is 0 Å². The van der Waals surface area contributed by atoms with Crippen LogP contribution in [0.15, 0.2) is 22.7 Å². The van der Waals surface area contributed by atoms with Gasteiger partial charge in [0.2, 0.25) is 0 Å². The van der Waals surface area contributed by atoms with E-state index in [0.29, 0.717) is 22.6 Å². The van der Waals surface area contributed by atoms with E-state index >= 15 is 0 Å². The number of benzene rings is 1. The molecular formula is C17H22N4O3. The largest absolute Gasteiger partial charge is 0.361 e. The summed E-state index contributed by atoms with van der Waals surface area (Å²) in [5.41, 5.74) is 3.42. The standard InChI is InChI=1S/C17H22N4O3/c1-9-13(16(22)18-5)7-6-8-14(9)20-17(23)19-10(2)15-11(3)21-24-12(15)4/h6-8,10H,1-5H3,(H,18,22)(H2,19,20,23)/t10-/m1/s1. The van der Waals surface area contributed by atoms with Gasteiger partial charge in [-0.15, -0.1) is 0 Å². The van der Waals surface area contributed by atoms with Crippen molar-refractivity contribution in [3.8, 4) is 0 Å². The first-order valence-electron chi connectivity index (χ1n) is 7.67. The minimum absolute atomic E-state index is 0.194. The molecule has 3 amide bonds. The van der Waals surface area contributed by atoms with Gasteiger partial charge in [-0.1, -0.05) is 11.2 Å². The third kappa shape index (κ3) is 3.56. The molecule has 0 radical (unpaired) electrons. The molecule has 0 aliphatic rings. The van der Waals surface area contributed by atoms with Crippen LogP contribution in [0.5, 0.6) is 0 Å². The lowest BCUT2D eigenvalue weighted by molar-refractivity contribution is 0.0962. The van der Waals surface area contributed by atoms with Gasteiger partial charge in [0, 0.05) is 23.9 Å². The summed E-state index contributed by atoms with van der Waals surface area (Å²) in [4.78, 5) is 24.1. The van der Waals surface area contributed by atoms with Crippen LogP contribution in [0.1, 0.15) is 45.9 Å². The fourth-order valence-electron chi connectivity index (χ4n) is 2.69. The van der Waals surface area contributed by atoms with Crippen LogP contribution in [0.3, 0.4) is 0 Å². The molecule has 0 aliphatic heterocycles. The zero-order valence-electron chi connectivity index (χ0n) is 14.5. The molecule has 2 rings (SSSR count). The minimum Gasteiger partial charge on any atom is -0.361 e. The average molecular weight is 330 g/mol. The second-order valence-electron chi connectivity index (χ2n) is 5.62. The Kier molecular flexibility index (Phi) is 5.23. The monoisotopic (exact) mass is 330 g/mol. The Morgan fingerprint density at radius 3 is 2.50 bits per heavy atom. The summed E-state index contributed by atoms with van der Waals surface area (Å²) in [5.74, 6) is 0.485. The van der Waals surface area contributed by atoms with E-state index in [1.165, 1.54) is 0 Å². The Morgan fingerprint density at radius 1 is 1.21 bits per heavy atom. The van der Waals surface area contributed by atoms with E-state index in [0.717, 1.165) is 11.3 Å². The molecule has 1 atom stereocenters. The van der Waals surface area contributed by atoms with Crippen molar-refractivity contribution in [3.63, 3.8) is 0 Å². The number of aryl methyl sites for hydroxylation is 2. The van der Waals surface area contributed by atoms with Crippen LogP contribution in [0.2, 0.25) is 0 Å². The van der Waals surface area contributed by atoms with E-state index in [1.54, 1.807) is 32.2 Å². The molecule has 24 heavy (non-hydrogen) atoms. The predicted molar refractivity (Wildman–Crippen MR) is 91.1 cm³/mol. The van der Waals surface area contributed by atoms with Crippen molar-refractivity contribution < 1.29 is 14.1 Å². The number of rotatable bonds is 4. The summed E-state index contributed by atoms with van der Waals surface area (Å²) in [6, 6.07) is 4.58. The Labute approximate surface area is 140 Å². The number of nitrogens with one attached hydrogen (secondary N) is 3. The maximum absolute atomic E-state index is 12.3. The number of carbonyl (C=O) groups is 2. The van der Waals surface area contributed by atoms with Crippen LogP contribution in [0.4, 0.5) is 10.5 Å². The molecule has 2 aromatic rings. The van der Waals surface area contributed by atoms with Crippen LogP contribution in [-0.4, -0.2) is 24.1 Å². The zero-order chi connectivity index (χ0) is 17.9. The molecule has 0 spiro atoms. The summed E-state index contributed by atoms with van der Waals surface area (Å²) >= 11 is 0. The lowest BCUT2D eigenvalue weighted by atomic mass is 10.1. The molecular weight excluding hydrogens is 308 g/mol. The maximum atomic E-state index is 12.3. The van der Waals surface area contributed by atoms with Crippen molar-refractivity contribution in [1.82, 2.24) is 15.8 Å². The summed E-state index contributed by atoms with van der Waals surface area (Å²) in [6.45, 7) is 7.29. The highest BCUT2D eigenvalue weighted by atomic mass is 16.5. The number of carbonyl (C=O) groups excluding carboxylic acids is 2. The van der Waals surface area contributed by atoms with Crippen molar-refractivity contribution in [1.29, 1.82) is 0 Å².